The lowest BCUT2D eigenvalue weighted by Crippen LogP contribution is -2.67. The van der Waals surface area contributed by atoms with Crippen LogP contribution in [0.4, 0.5) is 13.2 Å². The molecule has 7 nitrogen and oxygen atoms in total. The van der Waals surface area contributed by atoms with Crippen LogP contribution in [0, 0.1) is 0 Å². The quantitative estimate of drug-likeness (QED) is 0.115. The number of fused-ring (bicyclic) bond motifs is 2. The Balaban J connectivity index is 1.25. The molecule has 1 N–H and O–H groups in total. The van der Waals surface area contributed by atoms with E-state index in [2.05, 4.69) is 0 Å². The number of hydrogen-bond acceptors (Lipinski definition) is 7. The molecular formula is C43H40ClF3O7. The Kier molecular flexibility index (Phi) is 11.7. The van der Waals surface area contributed by atoms with Crippen LogP contribution in [-0.2, 0) is 55.7 Å². The van der Waals surface area contributed by atoms with E-state index in [1.54, 1.807) is 18.2 Å². The fourth-order valence-corrected chi connectivity index (χ4v) is 7.13. The highest BCUT2D eigenvalue weighted by Gasteiger charge is 2.69. The van der Waals surface area contributed by atoms with Gasteiger partial charge in [-0.25, -0.2) is 0 Å². The van der Waals surface area contributed by atoms with Gasteiger partial charge in [0.25, 0.3) is 0 Å². The van der Waals surface area contributed by atoms with Gasteiger partial charge in [-0.05, 0) is 58.5 Å². The van der Waals surface area contributed by atoms with Crippen LogP contribution in [0.2, 0.25) is 5.02 Å². The van der Waals surface area contributed by atoms with E-state index in [0.717, 1.165) is 22.3 Å². The van der Waals surface area contributed by atoms with Gasteiger partial charge in [0.2, 0.25) is 5.79 Å². The maximum atomic E-state index is 12.7. The molecule has 0 aliphatic carbocycles. The third kappa shape index (κ3) is 8.66. The van der Waals surface area contributed by atoms with Crippen molar-refractivity contribution in [2.24, 2.45) is 0 Å². The number of rotatable bonds is 15. The molecule has 0 saturated carbocycles. The minimum atomic E-state index is -4.44. The largest absolute Gasteiger partial charge is 0.484 e. The molecule has 2 fully saturated rings. The van der Waals surface area contributed by atoms with E-state index in [-0.39, 0.29) is 32.2 Å². The minimum Gasteiger partial charge on any atom is -0.484 e. The molecule has 5 aromatic carbocycles. The maximum Gasteiger partial charge on any atom is 0.422 e. The fraction of sp³-hybridized carbons (Fsp3) is 0.302. The van der Waals surface area contributed by atoms with Crippen LogP contribution in [-0.4, -0.2) is 55.0 Å². The summed E-state index contributed by atoms with van der Waals surface area (Å²) in [5, 5.41) is 11.6. The molecule has 54 heavy (non-hydrogen) atoms. The first-order chi connectivity index (χ1) is 26.2. The molecule has 0 amide bonds. The summed E-state index contributed by atoms with van der Waals surface area (Å²) in [6, 6.07) is 41.1. The Hall–Kier alpha value is -4.26. The predicted octanol–water partition coefficient (Wildman–Crippen LogP) is 8.57. The topological polar surface area (TPSA) is 75.6 Å². The summed E-state index contributed by atoms with van der Waals surface area (Å²) >= 11 is 6.77. The van der Waals surface area contributed by atoms with Crippen molar-refractivity contribution in [3.63, 3.8) is 0 Å². The number of halogens is 4. The number of ether oxygens (including phenoxy) is 6. The fourth-order valence-electron chi connectivity index (χ4n) is 6.95. The first kappa shape index (κ1) is 38.0. The number of hydrogen-bond donors (Lipinski definition) is 1. The van der Waals surface area contributed by atoms with Gasteiger partial charge in [0, 0.05) is 10.6 Å². The second-order valence-electron chi connectivity index (χ2n) is 13.5. The first-order valence-corrected chi connectivity index (χ1v) is 18.0. The molecule has 2 heterocycles. The number of aliphatic hydroxyl groups excluding tert-OH is 1. The van der Waals surface area contributed by atoms with Gasteiger partial charge in [-0.3, -0.25) is 0 Å². The van der Waals surface area contributed by atoms with Gasteiger partial charge in [-0.1, -0.05) is 121 Å². The Morgan fingerprint density at radius 1 is 0.685 bits per heavy atom. The van der Waals surface area contributed by atoms with E-state index >= 15 is 0 Å². The second-order valence-corrected chi connectivity index (χ2v) is 13.9. The van der Waals surface area contributed by atoms with E-state index in [0.29, 0.717) is 22.6 Å². The Morgan fingerprint density at radius 2 is 1.24 bits per heavy atom. The smallest absolute Gasteiger partial charge is 0.422 e. The molecule has 5 aromatic rings. The van der Waals surface area contributed by atoms with E-state index < -0.39 is 49.1 Å². The lowest BCUT2D eigenvalue weighted by molar-refractivity contribution is -0.353. The maximum absolute atomic E-state index is 12.7. The molecule has 0 radical (unpaired) electrons. The van der Waals surface area contributed by atoms with Crippen LogP contribution in [0.5, 0.6) is 5.75 Å². The number of benzene rings is 5. The highest BCUT2D eigenvalue weighted by molar-refractivity contribution is 6.31. The van der Waals surface area contributed by atoms with Crippen LogP contribution < -0.4 is 4.74 Å². The predicted molar refractivity (Wildman–Crippen MR) is 196 cm³/mol. The van der Waals surface area contributed by atoms with Crippen molar-refractivity contribution in [2.45, 2.75) is 62.1 Å². The van der Waals surface area contributed by atoms with E-state index in [1.807, 2.05) is 103 Å². The average Bonchev–Trinajstić information content (AvgIpc) is 3.55. The minimum absolute atomic E-state index is 0.0172. The lowest BCUT2D eigenvalue weighted by atomic mass is 9.83. The average molecular weight is 761 g/mol. The molecule has 2 bridgehead atoms. The highest BCUT2D eigenvalue weighted by Crippen LogP contribution is 2.53. The molecule has 11 heteroatoms. The number of alkyl halides is 3. The summed E-state index contributed by atoms with van der Waals surface area (Å²) in [5.74, 6) is -1.45. The summed E-state index contributed by atoms with van der Waals surface area (Å²) in [7, 11) is 0. The van der Waals surface area contributed by atoms with Crippen LogP contribution in [0.25, 0.3) is 0 Å². The molecular weight excluding hydrogens is 721 g/mol. The van der Waals surface area contributed by atoms with Gasteiger partial charge in [0.15, 0.2) is 6.61 Å². The zero-order valence-corrected chi connectivity index (χ0v) is 30.0. The number of aliphatic hydroxyl groups is 1. The van der Waals surface area contributed by atoms with Gasteiger partial charge in [0.05, 0.1) is 33.0 Å². The van der Waals surface area contributed by atoms with E-state index in [1.165, 1.54) is 12.1 Å². The van der Waals surface area contributed by atoms with Crippen LogP contribution >= 0.6 is 11.6 Å². The highest BCUT2D eigenvalue weighted by atomic mass is 35.5. The molecule has 0 spiro atoms. The zero-order valence-electron chi connectivity index (χ0n) is 29.3. The normalized spacial score (nSPS) is 23.7. The summed E-state index contributed by atoms with van der Waals surface area (Å²) in [6.45, 7) is -1.16. The molecule has 282 valence electrons. The van der Waals surface area contributed by atoms with Crippen molar-refractivity contribution in [2.75, 3.05) is 19.8 Å². The third-order valence-corrected chi connectivity index (χ3v) is 10.0. The van der Waals surface area contributed by atoms with Crippen molar-refractivity contribution in [3.8, 4) is 5.75 Å². The van der Waals surface area contributed by atoms with Crippen molar-refractivity contribution in [3.05, 3.63) is 172 Å². The summed E-state index contributed by atoms with van der Waals surface area (Å²) in [5.41, 5.74) is 3.58. The monoisotopic (exact) mass is 760 g/mol. The Bertz CT molecular complexity index is 1950. The van der Waals surface area contributed by atoms with Gasteiger partial charge in [0.1, 0.15) is 29.7 Å². The van der Waals surface area contributed by atoms with Crippen LogP contribution in [0.15, 0.2) is 133 Å². The van der Waals surface area contributed by atoms with Crippen molar-refractivity contribution in [1.82, 2.24) is 0 Å². The van der Waals surface area contributed by atoms with Gasteiger partial charge < -0.3 is 33.5 Å². The third-order valence-electron chi connectivity index (χ3n) is 9.64. The van der Waals surface area contributed by atoms with Crippen molar-refractivity contribution < 1.29 is 46.7 Å². The molecule has 2 aliphatic heterocycles. The second kappa shape index (κ2) is 16.6. The summed E-state index contributed by atoms with van der Waals surface area (Å²) in [4.78, 5) is 0. The lowest BCUT2D eigenvalue weighted by Gasteiger charge is -2.50. The van der Waals surface area contributed by atoms with Crippen molar-refractivity contribution >= 4 is 11.6 Å². The van der Waals surface area contributed by atoms with Crippen molar-refractivity contribution in [1.29, 1.82) is 0 Å². The zero-order chi connectivity index (χ0) is 37.6. The first-order valence-electron chi connectivity index (χ1n) is 17.7. The standard InChI is InChI=1S/C43H40ClF3O7/c44-37-21-18-35(23-34(37)22-30-16-19-36(20-17-30)52-29-42(45,46)47)43-40(51-26-33-14-8-3-9-15-33)38(49-24-31-10-4-1-5-11-31)39(41(27-48,54-43)28-53-43)50-25-32-12-6-2-7-13-32/h1-21,23,38-40,48H,22,24-29H2/t38-,39+,40+,41+,43-/m0/s1. The van der Waals surface area contributed by atoms with Crippen LogP contribution in [0.3, 0.4) is 0 Å². The molecule has 2 saturated heterocycles. The van der Waals surface area contributed by atoms with Gasteiger partial charge >= 0.3 is 6.18 Å². The Morgan fingerprint density at radius 3 is 1.80 bits per heavy atom. The molecule has 0 unspecified atom stereocenters. The van der Waals surface area contributed by atoms with E-state index in [4.69, 9.17) is 40.0 Å². The van der Waals surface area contributed by atoms with Gasteiger partial charge in [-0.15, -0.1) is 0 Å². The molecule has 0 aromatic heterocycles. The SMILES string of the molecule is OC[C@]12CO[C@@](c3ccc(Cl)c(Cc4ccc(OCC(F)(F)F)cc4)c3)(O1)[C@H](OCc1ccccc1)[C@@H](OCc1ccccc1)[C@H]2OCc1ccccc1. The van der Waals surface area contributed by atoms with E-state index in [9.17, 15) is 18.3 Å². The van der Waals surface area contributed by atoms with Gasteiger partial charge in [-0.2, -0.15) is 13.2 Å². The molecule has 7 rings (SSSR count). The summed E-state index contributed by atoms with van der Waals surface area (Å²) < 4.78 is 76.9. The molecule has 5 atom stereocenters. The summed E-state index contributed by atoms with van der Waals surface area (Å²) in [6.07, 6.45) is -6.59. The Labute approximate surface area is 317 Å². The van der Waals surface area contributed by atoms with Crippen LogP contribution in [0.1, 0.15) is 33.4 Å². The molecule has 2 aliphatic rings.